The highest BCUT2D eigenvalue weighted by molar-refractivity contribution is 5.77. The standard InChI is InChI=1S/C12H25N3/c1-4-12(3)5-7-15(8-6-12)10(2)9-11(13)14/h10H,4-9H2,1-3H3,(H3,13,14). The Labute approximate surface area is 93.5 Å². The minimum absolute atomic E-state index is 0.311. The summed E-state index contributed by atoms with van der Waals surface area (Å²) in [6, 6.07) is 0.434. The van der Waals surface area contributed by atoms with Crippen LogP contribution in [0.4, 0.5) is 0 Å². The van der Waals surface area contributed by atoms with Gasteiger partial charge < -0.3 is 10.6 Å². The van der Waals surface area contributed by atoms with Crippen molar-refractivity contribution in [3.8, 4) is 0 Å². The van der Waals surface area contributed by atoms with E-state index in [1.807, 2.05) is 0 Å². The van der Waals surface area contributed by atoms with E-state index in [2.05, 4.69) is 25.7 Å². The van der Waals surface area contributed by atoms with Crippen molar-refractivity contribution < 1.29 is 0 Å². The molecule has 0 aromatic rings. The number of amidine groups is 1. The Balaban J connectivity index is 2.40. The summed E-state index contributed by atoms with van der Waals surface area (Å²) in [5, 5.41) is 7.31. The molecule has 88 valence electrons. The van der Waals surface area contributed by atoms with Gasteiger partial charge in [-0.15, -0.1) is 0 Å². The summed E-state index contributed by atoms with van der Waals surface area (Å²) in [6.45, 7) is 9.18. The van der Waals surface area contributed by atoms with Crippen LogP contribution in [-0.4, -0.2) is 29.9 Å². The van der Waals surface area contributed by atoms with Crippen LogP contribution in [0.15, 0.2) is 0 Å². The maximum Gasteiger partial charge on any atom is 0.0920 e. The second-order valence-corrected chi connectivity index (χ2v) is 5.28. The Hall–Kier alpha value is -0.570. The van der Waals surface area contributed by atoms with Gasteiger partial charge in [-0.2, -0.15) is 0 Å². The van der Waals surface area contributed by atoms with Gasteiger partial charge in [-0.25, -0.2) is 0 Å². The average Bonchev–Trinajstić information content (AvgIpc) is 2.18. The predicted molar refractivity (Wildman–Crippen MR) is 65.2 cm³/mol. The number of rotatable bonds is 4. The van der Waals surface area contributed by atoms with Gasteiger partial charge in [0.25, 0.3) is 0 Å². The van der Waals surface area contributed by atoms with E-state index in [1.54, 1.807) is 0 Å². The van der Waals surface area contributed by atoms with Crippen LogP contribution in [0.1, 0.15) is 46.5 Å². The highest BCUT2D eigenvalue weighted by Gasteiger charge is 2.29. The molecular weight excluding hydrogens is 186 g/mol. The average molecular weight is 211 g/mol. The Morgan fingerprint density at radius 2 is 2.00 bits per heavy atom. The molecule has 1 saturated heterocycles. The fourth-order valence-corrected chi connectivity index (χ4v) is 2.31. The summed E-state index contributed by atoms with van der Waals surface area (Å²) in [5.41, 5.74) is 5.98. The van der Waals surface area contributed by atoms with E-state index in [0.29, 0.717) is 23.7 Å². The summed E-state index contributed by atoms with van der Waals surface area (Å²) in [4.78, 5) is 2.47. The Morgan fingerprint density at radius 1 is 1.47 bits per heavy atom. The zero-order valence-corrected chi connectivity index (χ0v) is 10.3. The molecule has 1 aliphatic heterocycles. The van der Waals surface area contributed by atoms with Crippen LogP contribution >= 0.6 is 0 Å². The number of piperidine rings is 1. The third-order valence-corrected chi connectivity index (χ3v) is 4.00. The molecule has 1 atom stereocenters. The third kappa shape index (κ3) is 3.49. The minimum atomic E-state index is 0.311. The quantitative estimate of drug-likeness (QED) is 0.553. The molecule has 0 spiro atoms. The van der Waals surface area contributed by atoms with Crippen LogP contribution < -0.4 is 5.73 Å². The molecule has 3 nitrogen and oxygen atoms in total. The van der Waals surface area contributed by atoms with Crippen molar-refractivity contribution in [3.63, 3.8) is 0 Å². The first kappa shape index (κ1) is 12.5. The van der Waals surface area contributed by atoms with Crippen molar-refractivity contribution in [2.75, 3.05) is 13.1 Å². The van der Waals surface area contributed by atoms with Crippen molar-refractivity contribution in [2.45, 2.75) is 52.5 Å². The van der Waals surface area contributed by atoms with Crippen LogP contribution in [-0.2, 0) is 0 Å². The van der Waals surface area contributed by atoms with Gasteiger partial charge in [0.05, 0.1) is 5.84 Å². The summed E-state index contributed by atoms with van der Waals surface area (Å²) in [5.74, 6) is 0.311. The SMILES string of the molecule is CCC1(C)CCN(C(C)CC(=N)N)CC1. The first-order valence-corrected chi connectivity index (χ1v) is 6.04. The van der Waals surface area contributed by atoms with Crippen molar-refractivity contribution >= 4 is 5.84 Å². The van der Waals surface area contributed by atoms with Gasteiger partial charge >= 0.3 is 0 Å². The maximum atomic E-state index is 7.31. The smallest absolute Gasteiger partial charge is 0.0920 e. The first-order chi connectivity index (χ1) is 6.97. The molecule has 1 heterocycles. The second-order valence-electron chi connectivity index (χ2n) is 5.28. The minimum Gasteiger partial charge on any atom is -0.388 e. The summed E-state index contributed by atoms with van der Waals surface area (Å²) >= 11 is 0. The molecule has 0 amide bonds. The number of nitrogens with one attached hydrogen (secondary N) is 1. The number of hydrogen-bond acceptors (Lipinski definition) is 2. The lowest BCUT2D eigenvalue weighted by Crippen LogP contribution is -2.44. The van der Waals surface area contributed by atoms with Gasteiger partial charge in [-0.1, -0.05) is 20.3 Å². The molecule has 15 heavy (non-hydrogen) atoms. The molecule has 0 saturated carbocycles. The zero-order valence-electron chi connectivity index (χ0n) is 10.3. The highest BCUT2D eigenvalue weighted by Crippen LogP contribution is 2.34. The van der Waals surface area contributed by atoms with E-state index in [-0.39, 0.29) is 0 Å². The lowest BCUT2D eigenvalue weighted by atomic mass is 9.78. The molecule has 0 aliphatic carbocycles. The fourth-order valence-electron chi connectivity index (χ4n) is 2.31. The third-order valence-electron chi connectivity index (χ3n) is 4.00. The van der Waals surface area contributed by atoms with Crippen molar-refractivity contribution in [1.29, 1.82) is 5.41 Å². The van der Waals surface area contributed by atoms with E-state index in [1.165, 1.54) is 32.4 Å². The van der Waals surface area contributed by atoms with E-state index in [4.69, 9.17) is 11.1 Å². The molecule has 0 bridgehead atoms. The van der Waals surface area contributed by atoms with Crippen LogP contribution in [0.25, 0.3) is 0 Å². The van der Waals surface area contributed by atoms with Crippen LogP contribution in [0.3, 0.4) is 0 Å². The number of likely N-dealkylation sites (tertiary alicyclic amines) is 1. The van der Waals surface area contributed by atoms with Gasteiger partial charge in [0.1, 0.15) is 0 Å². The Morgan fingerprint density at radius 3 is 2.40 bits per heavy atom. The molecule has 1 aliphatic rings. The Bertz CT molecular complexity index is 217. The molecule has 1 fully saturated rings. The van der Waals surface area contributed by atoms with E-state index < -0.39 is 0 Å². The predicted octanol–water partition coefficient (Wildman–Crippen LogP) is 2.21. The first-order valence-electron chi connectivity index (χ1n) is 6.04. The van der Waals surface area contributed by atoms with E-state index in [0.717, 1.165) is 0 Å². The van der Waals surface area contributed by atoms with Crippen LogP contribution in [0, 0.1) is 10.8 Å². The zero-order chi connectivity index (χ0) is 11.5. The van der Waals surface area contributed by atoms with Gasteiger partial charge in [0, 0.05) is 12.5 Å². The molecular formula is C12H25N3. The number of hydrogen-bond donors (Lipinski definition) is 2. The molecule has 3 N–H and O–H groups in total. The van der Waals surface area contributed by atoms with Gasteiger partial charge in [-0.3, -0.25) is 5.41 Å². The van der Waals surface area contributed by atoms with Crippen LogP contribution in [0.2, 0.25) is 0 Å². The van der Waals surface area contributed by atoms with Crippen molar-refractivity contribution in [3.05, 3.63) is 0 Å². The fraction of sp³-hybridized carbons (Fsp3) is 0.917. The van der Waals surface area contributed by atoms with E-state index in [9.17, 15) is 0 Å². The maximum absolute atomic E-state index is 7.31. The highest BCUT2D eigenvalue weighted by atomic mass is 15.2. The Kier molecular flexibility index (Phi) is 4.14. The molecule has 0 aromatic carbocycles. The van der Waals surface area contributed by atoms with E-state index >= 15 is 0 Å². The summed E-state index contributed by atoms with van der Waals surface area (Å²) in [6.07, 6.45) is 4.56. The molecule has 1 rings (SSSR count). The number of nitrogens with two attached hydrogens (primary N) is 1. The molecule has 0 aromatic heterocycles. The van der Waals surface area contributed by atoms with Gasteiger partial charge in [0.15, 0.2) is 0 Å². The normalized spacial score (nSPS) is 23.7. The summed E-state index contributed by atoms with van der Waals surface area (Å²) in [7, 11) is 0. The van der Waals surface area contributed by atoms with Crippen molar-refractivity contribution in [2.24, 2.45) is 11.1 Å². The van der Waals surface area contributed by atoms with Gasteiger partial charge in [0.2, 0.25) is 0 Å². The molecule has 3 heteroatoms. The largest absolute Gasteiger partial charge is 0.388 e. The lowest BCUT2D eigenvalue weighted by Gasteiger charge is -2.41. The number of nitrogens with zero attached hydrogens (tertiary/aromatic N) is 1. The lowest BCUT2D eigenvalue weighted by molar-refractivity contribution is 0.0886. The monoisotopic (exact) mass is 211 g/mol. The topological polar surface area (TPSA) is 53.1 Å². The molecule has 0 radical (unpaired) electrons. The second kappa shape index (κ2) is 4.97. The van der Waals surface area contributed by atoms with Crippen molar-refractivity contribution in [1.82, 2.24) is 4.90 Å². The summed E-state index contributed by atoms with van der Waals surface area (Å²) < 4.78 is 0. The van der Waals surface area contributed by atoms with Gasteiger partial charge in [-0.05, 0) is 38.3 Å². The molecule has 1 unspecified atom stereocenters. The van der Waals surface area contributed by atoms with Crippen LogP contribution in [0.5, 0.6) is 0 Å².